The average molecular weight is 262 g/mol. The zero-order valence-electron chi connectivity index (χ0n) is 10.5. The fourth-order valence-corrected chi connectivity index (χ4v) is 2.59. The van der Waals surface area contributed by atoms with Crippen molar-refractivity contribution in [2.75, 3.05) is 11.5 Å². The molecule has 96 valence electrons. The lowest BCUT2D eigenvalue weighted by Gasteiger charge is -2.12. The quantitative estimate of drug-likeness (QED) is 0.812. The summed E-state index contributed by atoms with van der Waals surface area (Å²) < 4.78 is 1.82. The molecule has 2 aromatic rings. The van der Waals surface area contributed by atoms with Gasteiger partial charge in [0.25, 0.3) is 0 Å². The predicted octanol–water partition coefficient (Wildman–Crippen LogP) is 2.41. The Labute approximate surface area is 112 Å². The second kappa shape index (κ2) is 6.56. The molecule has 2 rings (SSSR count). The molecule has 0 amide bonds. The molecule has 1 aromatic heterocycles. The molecule has 0 saturated carbocycles. The Hall–Kier alpha value is -1.33. The Morgan fingerprint density at radius 3 is 2.83 bits per heavy atom. The van der Waals surface area contributed by atoms with E-state index in [-0.39, 0.29) is 6.04 Å². The minimum absolute atomic E-state index is 0.0308. The van der Waals surface area contributed by atoms with Crippen LogP contribution in [0.2, 0.25) is 0 Å². The summed E-state index contributed by atoms with van der Waals surface area (Å²) in [6, 6.07) is 9.93. The minimum Gasteiger partial charge on any atom is -0.322 e. The van der Waals surface area contributed by atoms with Crippen LogP contribution >= 0.6 is 11.8 Å². The van der Waals surface area contributed by atoms with Crippen LogP contribution in [0.3, 0.4) is 0 Å². The largest absolute Gasteiger partial charge is 0.322 e. The zero-order valence-corrected chi connectivity index (χ0v) is 11.3. The number of nitrogens with zero attached hydrogens (tertiary/aromatic N) is 3. The molecule has 4 nitrogen and oxygen atoms in total. The third-order valence-electron chi connectivity index (χ3n) is 2.60. The molecule has 0 radical (unpaired) electrons. The fourth-order valence-electron chi connectivity index (χ4n) is 1.71. The van der Waals surface area contributed by atoms with Gasteiger partial charge < -0.3 is 5.73 Å². The highest BCUT2D eigenvalue weighted by Gasteiger charge is 2.13. The molecule has 0 fully saturated rings. The van der Waals surface area contributed by atoms with E-state index in [1.54, 1.807) is 6.20 Å². The Morgan fingerprint density at radius 2 is 2.11 bits per heavy atom. The van der Waals surface area contributed by atoms with Gasteiger partial charge in [-0.25, -0.2) is 4.68 Å². The first-order valence-electron chi connectivity index (χ1n) is 6.12. The topological polar surface area (TPSA) is 56.7 Å². The summed E-state index contributed by atoms with van der Waals surface area (Å²) in [4.78, 5) is 0. The number of thioether (sulfide) groups is 1. The van der Waals surface area contributed by atoms with E-state index in [2.05, 4.69) is 17.2 Å². The van der Waals surface area contributed by atoms with Crippen molar-refractivity contribution in [2.45, 2.75) is 19.4 Å². The van der Waals surface area contributed by atoms with E-state index in [0.29, 0.717) is 0 Å². The van der Waals surface area contributed by atoms with Crippen molar-refractivity contribution < 1.29 is 0 Å². The molecule has 1 heterocycles. The van der Waals surface area contributed by atoms with Gasteiger partial charge in [0.15, 0.2) is 0 Å². The van der Waals surface area contributed by atoms with E-state index in [4.69, 9.17) is 5.73 Å². The standard InChI is InChI=1S/C13H18N4S/c1-2-8-18-10-12(14)13-9-15-16-17(13)11-6-4-3-5-7-11/h3-7,9,12H,2,8,10,14H2,1H3. The van der Waals surface area contributed by atoms with Crippen molar-refractivity contribution in [3.63, 3.8) is 0 Å². The number of nitrogens with two attached hydrogens (primary N) is 1. The van der Waals surface area contributed by atoms with Crippen LogP contribution in [0, 0.1) is 0 Å². The Balaban J connectivity index is 2.12. The first-order valence-corrected chi connectivity index (χ1v) is 7.27. The van der Waals surface area contributed by atoms with Crippen LogP contribution < -0.4 is 5.73 Å². The number of aromatic nitrogens is 3. The van der Waals surface area contributed by atoms with Crippen LogP contribution in [-0.2, 0) is 0 Å². The van der Waals surface area contributed by atoms with Crippen molar-refractivity contribution in [3.8, 4) is 5.69 Å². The van der Waals surface area contributed by atoms with Crippen LogP contribution in [0.25, 0.3) is 5.69 Å². The summed E-state index contributed by atoms with van der Waals surface area (Å²) >= 11 is 1.87. The van der Waals surface area contributed by atoms with Crippen molar-refractivity contribution in [2.24, 2.45) is 5.73 Å². The van der Waals surface area contributed by atoms with Gasteiger partial charge in [-0.1, -0.05) is 30.3 Å². The maximum atomic E-state index is 6.20. The molecular weight excluding hydrogens is 244 g/mol. The zero-order chi connectivity index (χ0) is 12.8. The Kier molecular flexibility index (Phi) is 4.78. The molecule has 0 bridgehead atoms. The molecule has 0 aliphatic rings. The van der Waals surface area contributed by atoms with E-state index in [0.717, 1.165) is 22.9 Å². The monoisotopic (exact) mass is 262 g/mol. The van der Waals surface area contributed by atoms with Crippen LogP contribution in [0.5, 0.6) is 0 Å². The number of hydrogen-bond acceptors (Lipinski definition) is 4. The van der Waals surface area contributed by atoms with E-state index >= 15 is 0 Å². The number of hydrogen-bond donors (Lipinski definition) is 1. The summed E-state index contributed by atoms with van der Waals surface area (Å²) in [7, 11) is 0. The van der Waals surface area contributed by atoms with Gasteiger partial charge in [-0.3, -0.25) is 0 Å². The van der Waals surface area contributed by atoms with Gasteiger partial charge >= 0.3 is 0 Å². The van der Waals surface area contributed by atoms with Gasteiger partial charge in [-0.05, 0) is 24.3 Å². The predicted molar refractivity (Wildman–Crippen MR) is 75.9 cm³/mol. The summed E-state index contributed by atoms with van der Waals surface area (Å²) in [6.45, 7) is 2.17. The maximum absolute atomic E-state index is 6.20. The maximum Gasteiger partial charge on any atom is 0.0821 e. The van der Waals surface area contributed by atoms with Crippen molar-refractivity contribution in [1.82, 2.24) is 15.0 Å². The van der Waals surface area contributed by atoms with Crippen LogP contribution in [-0.4, -0.2) is 26.5 Å². The van der Waals surface area contributed by atoms with Crippen molar-refractivity contribution in [3.05, 3.63) is 42.2 Å². The van der Waals surface area contributed by atoms with Crippen LogP contribution in [0.1, 0.15) is 25.1 Å². The Bertz CT molecular complexity index is 469. The van der Waals surface area contributed by atoms with E-state index in [1.165, 1.54) is 6.42 Å². The number of benzene rings is 1. The number of para-hydroxylation sites is 1. The average Bonchev–Trinajstić information content (AvgIpc) is 2.89. The molecule has 0 spiro atoms. The first kappa shape index (κ1) is 13.1. The normalized spacial score (nSPS) is 12.6. The van der Waals surface area contributed by atoms with Crippen LogP contribution in [0.4, 0.5) is 0 Å². The molecule has 1 unspecified atom stereocenters. The third-order valence-corrected chi connectivity index (χ3v) is 3.89. The second-order valence-corrected chi connectivity index (χ2v) is 5.24. The number of rotatable bonds is 6. The molecular formula is C13H18N4S. The third kappa shape index (κ3) is 3.11. The molecule has 0 aliphatic heterocycles. The smallest absolute Gasteiger partial charge is 0.0821 e. The van der Waals surface area contributed by atoms with Gasteiger partial charge in [-0.15, -0.1) is 5.10 Å². The summed E-state index contributed by atoms with van der Waals surface area (Å²) in [6.07, 6.45) is 2.93. The van der Waals surface area contributed by atoms with Gasteiger partial charge in [-0.2, -0.15) is 11.8 Å². The Morgan fingerprint density at radius 1 is 1.33 bits per heavy atom. The molecule has 5 heteroatoms. The molecule has 18 heavy (non-hydrogen) atoms. The van der Waals surface area contributed by atoms with Gasteiger partial charge in [0.05, 0.1) is 23.6 Å². The SMILES string of the molecule is CCCSCC(N)c1cnnn1-c1ccccc1. The van der Waals surface area contributed by atoms with E-state index in [1.807, 2.05) is 46.8 Å². The molecule has 0 aliphatic carbocycles. The summed E-state index contributed by atoms with van der Waals surface area (Å²) in [5, 5.41) is 8.08. The van der Waals surface area contributed by atoms with Crippen molar-refractivity contribution >= 4 is 11.8 Å². The molecule has 1 aromatic carbocycles. The van der Waals surface area contributed by atoms with Crippen molar-refractivity contribution in [1.29, 1.82) is 0 Å². The van der Waals surface area contributed by atoms with E-state index in [9.17, 15) is 0 Å². The summed E-state index contributed by atoms with van der Waals surface area (Å²) in [5.41, 5.74) is 8.16. The summed E-state index contributed by atoms with van der Waals surface area (Å²) in [5.74, 6) is 2.04. The lowest BCUT2D eigenvalue weighted by Crippen LogP contribution is -2.17. The molecule has 2 N–H and O–H groups in total. The van der Waals surface area contributed by atoms with Gasteiger partial charge in [0.1, 0.15) is 0 Å². The van der Waals surface area contributed by atoms with E-state index < -0.39 is 0 Å². The first-order chi connectivity index (χ1) is 8.83. The minimum atomic E-state index is -0.0308. The van der Waals surface area contributed by atoms with Gasteiger partial charge in [0.2, 0.25) is 0 Å². The molecule has 1 atom stereocenters. The molecule has 0 saturated heterocycles. The highest BCUT2D eigenvalue weighted by molar-refractivity contribution is 7.99. The van der Waals surface area contributed by atoms with Crippen LogP contribution in [0.15, 0.2) is 36.5 Å². The highest BCUT2D eigenvalue weighted by Crippen LogP contribution is 2.18. The van der Waals surface area contributed by atoms with Gasteiger partial charge in [0, 0.05) is 5.75 Å². The lowest BCUT2D eigenvalue weighted by molar-refractivity contribution is 0.703. The second-order valence-electron chi connectivity index (χ2n) is 4.09. The fraction of sp³-hybridized carbons (Fsp3) is 0.385. The lowest BCUT2D eigenvalue weighted by atomic mass is 10.2. The highest BCUT2D eigenvalue weighted by atomic mass is 32.2.